The molecule has 0 fully saturated rings. The third-order valence-corrected chi connectivity index (χ3v) is 1.76. The number of hydrazine groups is 1. The molecule has 0 atom stereocenters. The van der Waals surface area contributed by atoms with E-state index in [9.17, 15) is 9.90 Å². The fraction of sp³-hybridized carbons (Fsp3) is 0.222. The van der Waals surface area contributed by atoms with Gasteiger partial charge in [-0.3, -0.25) is 10.2 Å². The molecule has 0 aliphatic carbocycles. The first-order chi connectivity index (χ1) is 6.50. The second-order valence-corrected chi connectivity index (χ2v) is 3.43. The van der Waals surface area contributed by atoms with Crippen LogP contribution in [0.4, 0.5) is 0 Å². The molecule has 76 valence electrons. The lowest BCUT2D eigenvalue weighted by molar-refractivity contribution is 0.0854. The first kappa shape index (κ1) is 10.8. The Morgan fingerprint density at radius 1 is 1.50 bits per heavy atom. The third kappa shape index (κ3) is 2.61. The van der Waals surface area contributed by atoms with Crippen LogP contribution in [0.3, 0.4) is 0 Å². The van der Waals surface area contributed by atoms with E-state index in [2.05, 4.69) is 5.43 Å². The van der Waals surface area contributed by atoms with Gasteiger partial charge in [0.25, 0.3) is 5.91 Å². The number of phenols is 1. The zero-order valence-electron chi connectivity index (χ0n) is 7.91. The summed E-state index contributed by atoms with van der Waals surface area (Å²) in [7, 11) is 3.36. The Morgan fingerprint density at radius 2 is 2.14 bits per heavy atom. The molecule has 1 rings (SSSR count). The van der Waals surface area contributed by atoms with Crippen molar-refractivity contribution in [1.82, 2.24) is 10.4 Å². The first-order valence-corrected chi connectivity index (χ1v) is 4.35. The van der Waals surface area contributed by atoms with Crippen LogP contribution in [0, 0.1) is 0 Å². The van der Waals surface area contributed by atoms with Crippen LogP contribution in [0.1, 0.15) is 10.4 Å². The molecule has 1 aromatic carbocycles. The van der Waals surface area contributed by atoms with E-state index in [1.807, 2.05) is 0 Å². The maximum absolute atomic E-state index is 11.5. The lowest BCUT2D eigenvalue weighted by Gasteiger charge is -2.12. The summed E-state index contributed by atoms with van der Waals surface area (Å²) < 4.78 is 0. The Bertz CT molecular complexity index is 353. The number of halogens is 1. The third-order valence-electron chi connectivity index (χ3n) is 1.53. The van der Waals surface area contributed by atoms with E-state index in [1.165, 1.54) is 23.2 Å². The van der Waals surface area contributed by atoms with Gasteiger partial charge in [0.15, 0.2) is 0 Å². The standard InChI is InChI=1S/C9H11ClN2O2/c1-12(2)11-9(14)7-5-6(10)3-4-8(7)13/h3-5,13H,1-2H3,(H,11,14). The molecular weight excluding hydrogens is 204 g/mol. The highest BCUT2D eigenvalue weighted by Gasteiger charge is 2.11. The van der Waals surface area contributed by atoms with Gasteiger partial charge in [-0.25, -0.2) is 5.01 Å². The van der Waals surface area contributed by atoms with E-state index in [-0.39, 0.29) is 11.3 Å². The fourth-order valence-electron chi connectivity index (χ4n) is 0.953. The first-order valence-electron chi connectivity index (χ1n) is 3.97. The molecule has 0 aliphatic heterocycles. The lowest BCUT2D eigenvalue weighted by atomic mass is 10.2. The predicted molar refractivity (Wildman–Crippen MR) is 54.3 cm³/mol. The smallest absolute Gasteiger partial charge is 0.269 e. The number of nitrogens with zero attached hydrogens (tertiary/aromatic N) is 1. The molecule has 0 aliphatic rings. The van der Waals surface area contributed by atoms with E-state index >= 15 is 0 Å². The minimum absolute atomic E-state index is 0.0891. The number of nitrogens with one attached hydrogen (secondary N) is 1. The number of rotatable bonds is 2. The van der Waals surface area contributed by atoms with Gasteiger partial charge in [-0.05, 0) is 18.2 Å². The maximum Gasteiger partial charge on any atom is 0.269 e. The normalized spacial score (nSPS) is 10.3. The number of hydrogen-bond donors (Lipinski definition) is 2. The molecule has 1 amide bonds. The van der Waals surface area contributed by atoms with E-state index in [0.29, 0.717) is 5.02 Å². The van der Waals surface area contributed by atoms with Gasteiger partial charge in [0, 0.05) is 19.1 Å². The number of benzene rings is 1. The number of carbonyl (C=O) groups excluding carboxylic acids is 1. The van der Waals surface area contributed by atoms with Gasteiger partial charge in [0.1, 0.15) is 5.75 Å². The summed E-state index contributed by atoms with van der Waals surface area (Å²) in [6, 6.07) is 4.31. The minimum atomic E-state index is -0.394. The predicted octanol–water partition coefficient (Wildman–Crippen LogP) is 1.25. The molecule has 0 saturated heterocycles. The van der Waals surface area contributed by atoms with Gasteiger partial charge in [0.2, 0.25) is 0 Å². The van der Waals surface area contributed by atoms with E-state index in [1.54, 1.807) is 14.1 Å². The van der Waals surface area contributed by atoms with Crippen molar-refractivity contribution in [3.8, 4) is 5.75 Å². The van der Waals surface area contributed by atoms with Crippen molar-refractivity contribution in [2.45, 2.75) is 0 Å². The molecule has 0 heterocycles. The Kier molecular flexibility index (Phi) is 3.33. The Morgan fingerprint density at radius 3 is 2.71 bits per heavy atom. The van der Waals surface area contributed by atoms with Gasteiger partial charge >= 0.3 is 0 Å². The highest BCUT2D eigenvalue weighted by molar-refractivity contribution is 6.31. The van der Waals surface area contributed by atoms with Gasteiger partial charge in [0.05, 0.1) is 5.56 Å². The lowest BCUT2D eigenvalue weighted by Crippen LogP contribution is -2.36. The zero-order chi connectivity index (χ0) is 10.7. The monoisotopic (exact) mass is 214 g/mol. The summed E-state index contributed by atoms with van der Waals surface area (Å²) in [4.78, 5) is 11.5. The van der Waals surface area contributed by atoms with Crippen LogP contribution in [0.15, 0.2) is 18.2 Å². The number of hydrogen-bond acceptors (Lipinski definition) is 3. The van der Waals surface area contributed by atoms with Crippen molar-refractivity contribution in [1.29, 1.82) is 0 Å². The summed E-state index contributed by atoms with van der Waals surface area (Å²) in [5.41, 5.74) is 2.66. The largest absolute Gasteiger partial charge is 0.507 e. The van der Waals surface area contributed by atoms with Crippen molar-refractivity contribution in [3.63, 3.8) is 0 Å². The molecule has 0 radical (unpaired) electrons. The molecule has 0 bridgehead atoms. The molecule has 0 spiro atoms. The number of phenolic OH excluding ortho intramolecular Hbond substituents is 1. The topological polar surface area (TPSA) is 52.6 Å². The quantitative estimate of drug-likeness (QED) is 0.729. The zero-order valence-corrected chi connectivity index (χ0v) is 8.67. The summed E-state index contributed by atoms with van der Waals surface area (Å²) in [6.07, 6.45) is 0. The fourth-order valence-corrected chi connectivity index (χ4v) is 1.13. The summed E-state index contributed by atoms with van der Waals surface area (Å²) in [5, 5.41) is 11.3. The van der Waals surface area contributed by atoms with Gasteiger partial charge in [-0.15, -0.1) is 0 Å². The van der Waals surface area contributed by atoms with E-state index < -0.39 is 5.91 Å². The van der Waals surface area contributed by atoms with Crippen molar-refractivity contribution in [3.05, 3.63) is 28.8 Å². The van der Waals surface area contributed by atoms with Crippen molar-refractivity contribution >= 4 is 17.5 Å². The Balaban J connectivity index is 2.94. The number of amides is 1. The van der Waals surface area contributed by atoms with Crippen molar-refractivity contribution in [2.24, 2.45) is 0 Å². The minimum Gasteiger partial charge on any atom is -0.507 e. The SMILES string of the molecule is CN(C)NC(=O)c1cc(Cl)ccc1O. The average molecular weight is 215 g/mol. The van der Waals surface area contributed by atoms with Crippen LogP contribution in [0.5, 0.6) is 5.75 Å². The second kappa shape index (κ2) is 4.30. The molecule has 4 nitrogen and oxygen atoms in total. The number of carbonyl (C=O) groups is 1. The van der Waals surface area contributed by atoms with Gasteiger partial charge in [-0.1, -0.05) is 11.6 Å². The Hall–Kier alpha value is -1.26. The molecule has 0 unspecified atom stereocenters. The van der Waals surface area contributed by atoms with Gasteiger partial charge < -0.3 is 5.11 Å². The van der Waals surface area contributed by atoms with Crippen LogP contribution in [-0.2, 0) is 0 Å². The molecular formula is C9H11ClN2O2. The highest BCUT2D eigenvalue weighted by Crippen LogP contribution is 2.21. The Labute approximate surface area is 87.1 Å². The second-order valence-electron chi connectivity index (χ2n) is 3.00. The molecule has 5 heteroatoms. The molecule has 1 aromatic rings. The summed E-state index contributed by atoms with van der Waals surface area (Å²) in [6.45, 7) is 0. The van der Waals surface area contributed by atoms with Gasteiger partial charge in [-0.2, -0.15) is 0 Å². The maximum atomic E-state index is 11.5. The molecule has 2 N–H and O–H groups in total. The summed E-state index contributed by atoms with van der Waals surface area (Å²) in [5.74, 6) is -0.483. The summed E-state index contributed by atoms with van der Waals surface area (Å²) >= 11 is 5.69. The average Bonchev–Trinajstić information content (AvgIpc) is 2.08. The molecule has 0 saturated carbocycles. The van der Waals surface area contributed by atoms with Crippen LogP contribution >= 0.6 is 11.6 Å². The van der Waals surface area contributed by atoms with Crippen LogP contribution < -0.4 is 5.43 Å². The van der Waals surface area contributed by atoms with Crippen LogP contribution in [0.25, 0.3) is 0 Å². The van der Waals surface area contributed by atoms with Crippen molar-refractivity contribution in [2.75, 3.05) is 14.1 Å². The molecule has 0 aromatic heterocycles. The van der Waals surface area contributed by atoms with Crippen LogP contribution in [-0.4, -0.2) is 30.1 Å². The molecule has 14 heavy (non-hydrogen) atoms. The van der Waals surface area contributed by atoms with Crippen molar-refractivity contribution < 1.29 is 9.90 Å². The van der Waals surface area contributed by atoms with Crippen LogP contribution in [0.2, 0.25) is 5.02 Å². The number of aromatic hydroxyl groups is 1. The van der Waals surface area contributed by atoms with E-state index in [0.717, 1.165) is 0 Å². The highest BCUT2D eigenvalue weighted by atomic mass is 35.5. The van der Waals surface area contributed by atoms with E-state index in [4.69, 9.17) is 11.6 Å².